The summed E-state index contributed by atoms with van der Waals surface area (Å²) in [6.07, 6.45) is 5.61. The number of nitrogens with one attached hydrogen (secondary N) is 1. The molecule has 0 bridgehead atoms. The summed E-state index contributed by atoms with van der Waals surface area (Å²) >= 11 is 0. The number of allylic oxidation sites excluding steroid dienone is 4. The van der Waals surface area contributed by atoms with E-state index in [4.69, 9.17) is 9.47 Å². The Morgan fingerprint density at radius 1 is 1.28 bits per heavy atom. The van der Waals surface area contributed by atoms with Gasteiger partial charge in [-0.2, -0.15) is 0 Å². The summed E-state index contributed by atoms with van der Waals surface area (Å²) < 4.78 is 10.9. The highest BCUT2D eigenvalue weighted by Gasteiger charge is 2.30. The molecular weight excluding hydrogens is 366 g/mol. The average molecular weight is 398 g/mol. The van der Waals surface area contributed by atoms with E-state index in [0.717, 1.165) is 22.3 Å². The van der Waals surface area contributed by atoms with Crippen molar-refractivity contribution in [3.8, 4) is 0 Å². The maximum absolute atomic E-state index is 12.4. The Morgan fingerprint density at radius 3 is 2.55 bits per heavy atom. The normalized spacial score (nSPS) is 17.1. The zero-order chi connectivity index (χ0) is 21.6. The zero-order valence-electron chi connectivity index (χ0n) is 18.0. The Kier molecular flexibility index (Phi) is 7.43. The van der Waals surface area contributed by atoms with Gasteiger partial charge in [-0.25, -0.2) is 9.59 Å². The molecular formula is C24H31NO4. The van der Waals surface area contributed by atoms with Gasteiger partial charge < -0.3 is 14.8 Å². The Bertz CT molecular complexity index is 830. The summed E-state index contributed by atoms with van der Waals surface area (Å²) in [6, 6.07) is 7.30. The lowest BCUT2D eigenvalue weighted by Crippen LogP contribution is -2.44. The van der Waals surface area contributed by atoms with Crippen molar-refractivity contribution in [1.29, 1.82) is 0 Å². The van der Waals surface area contributed by atoms with E-state index in [-0.39, 0.29) is 12.5 Å². The van der Waals surface area contributed by atoms with E-state index < -0.39 is 23.7 Å². The molecule has 0 heterocycles. The molecule has 5 heteroatoms. The lowest BCUT2D eigenvalue weighted by atomic mass is 9.96. The van der Waals surface area contributed by atoms with E-state index in [9.17, 15) is 9.59 Å². The van der Waals surface area contributed by atoms with Crippen LogP contribution in [0, 0.1) is 0 Å². The van der Waals surface area contributed by atoms with Crippen molar-refractivity contribution >= 4 is 17.6 Å². The lowest BCUT2D eigenvalue weighted by Gasteiger charge is -2.24. The van der Waals surface area contributed by atoms with Gasteiger partial charge in [0.05, 0.1) is 0 Å². The van der Waals surface area contributed by atoms with E-state index in [1.165, 1.54) is 0 Å². The van der Waals surface area contributed by atoms with Gasteiger partial charge >= 0.3 is 12.1 Å². The van der Waals surface area contributed by atoms with Crippen molar-refractivity contribution in [1.82, 2.24) is 5.32 Å². The highest BCUT2D eigenvalue weighted by atomic mass is 16.6. The second-order valence-corrected chi connectivity index (χ2v) is 7.95. The predicted octanol–water partition coefficient (Wildman–Crippen LogP) is 5.15. The van der Waals surface area contributed by atoms with Crippen molar-refractivity contribution in [3.05, 3.63) is 65.8 Å². The highest BCUT2D eigenvalue weighted by Crippen LogP contribution is 2.43. The van der Waals surface area contributed by atoms with Crippen LogP contribution in [0.15, 0.2) is 54.6 Å². The molecule has 0 aliphatic heterocycles. The number of fused-ring (bicyclic) bond motifs is 1. The van der Waals surface area contributed by atoms with Gasteiger partial charge in [0, 0.05) is 5.92 Å². The average Bonchev–Trinajstić information content (AvgIpc) is 2.95. The van der Waals surface area contributed by atoms with Crippen molar-refractivity contribution in [2.24, 2.45) is 0 Å². The van der Waals surface area contributed by atoms with Gasteiger partial charge in [-0.1, -0.05) is 56.0 Å². The second kappa shape index (κ2) is 9.59. The smallest absolute Gasteiger partial charge is 0.407 e. The van der Waals surface area contributed by atoms with Crippen LogP contribution in [0.25, 0.3) is 5.57 Å². The predicted molar refractivity (Wildman–Crippen MR) is 116 cm³/mol. The van der Waals surface area contributed by atoms with Crippen LogP contribution < -0.4 is 5.32 Å². The number of carbonyl (C=O) groups is 2. The summed E-state index contributed by atoms with van der Waals surface area (Å²) in [5, 5.41) is 2.62. The lowest BCUT2D eigenvalue weighted by molar-refractivity contribution is -0.157. The monoisotopic (exact) mass is 397 g/mol. The van der Waals surface area contributed by atoms with Crippen LogP contribution in [0.5, 0.6) is 0 Å². The van der Waals surface area contributed by atoms with Crippen molar-refractivity contribution in [2.75, 3.05) is 6.61 Å². The first-order chi connectivity index (χ1) is 13.7. The third-order valence-electron chi connectivity index (χ3n) is 4.64. The molecule has 1 N–H and O–H groups in total. The zero-order valence-corrected chi connectivity index (χ0v) is 18.0. The molecule has 0 aromatic heterocycles. The van der Waals surface area contributed by atoms with Crippen LogP contribution in [0.4, 0.5) is 4.79 Å². The van der Waals surface area contributed by atoms with Crippen LogP contribution in [0.1, 0.15) is 58.1 Å². The van der Waals surface area contributed by atoms with Crippen LogP contribution in [-0.2, 0) is 14.3 Å². The van der Waals surface area contributed by atoms with E-state index in [1.807, 2.05) is 56.3 Å². The molecule has 1 aliphatic rings. The van der Waals surface area contributed by atoms with E-state index >= 15 is 0 Å². The minimum atomic E-state index is -0.744. The standard InChI is InChI=1S/C24H31NO4/c1-7-12-17-16(8-2)18-13-10-11-14-19(18)20(17)15-28-23(27)25-21(9-3)22(26)29-24(4,5)6/h7-8,10-14,20-21H,2,9,15H2,1,3-6H3,(H,25,27)/b12-7-/t20?,21-/m0/s1. The maximum atomic E-state index is 12.4. The topological polar surface area (TPSA) is 64.6 Å². The van der Waals surface area contributed by atoms with Crippen molar-refractivity contribution in [3.63, 3.8) is 0 Å². The molecule has 1 aliphatic carbocycles. The quantitative estimate of drug-likeness (QED) is 0.647. The fraction of sp³-hybridized carbons (Fsp3) is 0.417. The Morgan fingerprint density at radius 2 is 1.97 bits per heavy atom. The Hall–Kier alpha value is -2.82. The van der Waals surface area contributed by atoms with Gasteiger partial charge in [-0.05, 0) is 56.4 Å². The number of alkyl carbamates (subject to hydrolysis) is 1. The number of carbonyl (C=O) groups excluding carboxylic acids is 2. The molecule has 1 aromatic rings. The SMILES string of the molecule is C=CC1=C(/C=C\C)C(COC(=O)N[C@@H](CC)C(=O)OC(C)(C)C)c2ccccc21. The molecule has 29 heavy (non-hydrogen) atoms. The summed E-state index contributed by atoms with van der Waals surface area (Å²) in [4.78, 5) is 24.6. The number of hydrogen-bond donors (Lipinski definition) is 1. The highest BCUT2D eigenvalue weighted by molar-refractivity contribution is 5.86. The summed E-state index contributed by atoms with van der Waals surface area (Å²) in [5.41, 5.74) is 3.70. The summed E-state index contributed by atoms with van der Waals surface area (Å²) in [7, 11) is 0. The largest absolute Gasteiger partial charge is 0.458 e. The van der Waals surface area contributed by atoms with Crippen LogP contribution in [0.3, 0.4) is 0 Å². The third-order valence-corrected chi connectivity index (χ3v) is 4.64. The van der Waals surface area contributed by atoms with Gasteiger partial charge in [0.15, 0.2) is 0 Å². The van der Waals surface area contributed by atoms with E-state index in [0.29, 0.717) is 6.42 Å². The molecule has 5 nitrogen and oxygen atoms in total. The molecule has 2 atom stereocenters. The number of esters is 1. The molecule has 0 fully saturated rings. The van der Waals surface area contributed by atoms with Gasteiger partial charge in [0.1, 0.15) is 18.2 Å². The first-order valence-corrected chi connectivity index (χ1v) is 9.96. The van der Waals surface area contributed by atoms with Crippen LogP contribution in [-0.4, -0.2) is 30.3 Å². The fourth-order valence-electron chi connectivity index (χ4n) is 3.39. The molecule has 2 rings (SSSR count). The van der Waals surface area contributed by atoms with E-state index in [1.54, 1.807) is 20.8 Å². The number of amides is 1. The number of rotatable bonds is 7. The van der Waals surface area contributed by atoms with Crippen LogP contribution in [0.2, 0.25) is 0 Å². The Labute approximate surface area is 173 Å². The molecule has 0 radical (unpaired) electrons. The number of ether oxygens (including phenoxy) is 2. The van der Waals surface area contributed by atoms with Gasteiger partial charge in [-0.3, -0.25) is 0 Å². The molecule has 1 aromatic carbocycles. The van der Waals surface area contributed by atoms with Gasteiger partial charge in [0.25, 0.3) is 0 Å². The fourth-order valence-corrected chi connectivity index (χ4v) is 3.39. The maximum Gasteiger partial charge on any atom is 0.407 e. The third kappa shape index (κ3) is 5.59. The van der Waals surface area contributed by atoms with Crippen LogP contribution >= 0.6 is 0 Å². The first-order valence-electron chi connectivity index (χ1n) is 9.96. The number of benzene rings is 1. The first kappa shape index (κ1) is 22.5. The Balaban J connectivity index is 2.09. The minimum Gasteiger partial charge on any atom is -0.458 e. The van der Waals surface area contributed by atoms with Gasteiger partial charge in [-0.15, -0.1) is 0 Å². The summed E-state index contributed by atoms with van der Waals surface area (Å²) in [6.45, 7) is 13.2. The summed E-state index contributed by atoms with van der Waals surface area (Å²) in [5.74, 6) is -0.547. The second-order valence-electron chi connectivity index (χ2n) is 7.95. The van der Waals surface area contributed by atoms with E-state index in [2.05, 4.69) is 11.9 Å². The van der Waals surface area contributed by atoms with Crippen molar-refractivity contribution < 1.29 is 19.1 Å². The molecule has 1 unspecified atom stereocenters. The molecule has 0 saturated heterocycles. The van der Waals surface area contributed by atoms with Gasteiger partial charge in [0.2, 0.25) is 0 Å². The molecule has 0 saturated carbocycles. The number of hydrogen-bond acceptors (Lipinski definition) is 4. The molecule has 156 valence electrons. The van der Waals surface area contributed by atoms with Crippen molar-refractivity contribution in [2.45, 2.75) is 58.6 Å². The molecule has 0 spiro atoms. The minimum absolute atomic E-state index is 0.0808. The molecule has 1 amide bonds.